The van der Waals surface area contributed by atoms with Crippen molar-refractivity contribution in [2.75, 3.05) is 36.9 Å². The van der Waals surface area contributed by atoms with Crippen LogP contribution in [-0.4, -0.2) is 36.3 Å². The van der Waals surface area contributed by atoms with E-state index >= 15 is 0 Å². The Balaban J connectivity index is 1.80. The standard InChI is InChI=1S/C13H22N4O/c1-2-6-14-13-15-7-3-12(17-13)16-10-11-4-8-18-9-5-11/h3,7,11H,2,4-6,8-10H2,1H3,(H2,14,15,16,17). The quantitative estimate of drug-likeness (QED) is 0.810. The Labute approximate surface area is 108 Å². The van der Waals surface area contributed by atoms with Crippen LogP contribution in [-0.2, 0) is 4.74 Å². The number of aromatic nitrogens is 2. The van der Waals surface area contributed by atoms with Crippen molar-refractivity contribution < 1.29 is 4.74 Å². The molecule has 5 nitrogen and oxygen atoms in total. The maximum absolute atomic E-state index is 5.35. The molecule has 2 heterocycles. The maximum atomic E-state index is 5.35. The van der Waals surface area contributed by atoms with Crippen molar-refractivity contribution >= 4 is 11.8 Å². The summed E-state index contributed by atoms with van der Waals surface area (Å²) in [5, 5.41) is 6.57. The third kappa shape index (κ3) is 4.14. The molecular weight excluding hydrogens is 228 g/mol. The van der Waals surface area contributed by atoms with Gasteiger partial charge in [-0.3, -0.25) is 0 Å². The van der Waals surface area contributed by atoms with Gasteiger partial charge in [0.1, 0.15) is 5.82 Å². The number of rotatable bonds is 6. The van der Waals surface area contributed by atoms with Gasteiger partial charge in [0.15, 0.2) is 0 Å². The monoisotopic (exact) mass is 250 g/mol. The normalized spacial score (nSPS) is 16.5. The molecule has 0 aliphatic carbocycles. The van der Waals surface area contributed by atoms with E-state index in [2.05, 4.69) is 27.5 Å². The lowest BCUT2D eigenvalue weighted by Gasteiger charge is -2.22. The van der Waals surface area contributed by atoms with Gasteiger partial charge in [-0.1, -0.05) is 6.92 Å². The van der Waals surface area contributed by atoms with Gasteiger partial charge in [0.05, 0.1) is 0 Å². The number of anilines is 2. The molecule has 18 heavy (non-hydrogen) atoms. The third-order valence-corrected chi connectivity index (χ3v) is 3.10. The summed E-state index contributed by atoms with van der Waals surface area (Å²) in [6, 6.07) is 1.91. The fraction of sp³-hybridized carbons (Fsp3) is 0.692. The Kier molecular flexibility index (Phi) is 5.20. The smallest absolute Gasteiger partial charge is 0.224 e. The highest BCUT2D eigenvalue weighted by Gasteiger charge is 2.13. The number of hydrogen-bond acceptors (Lipinski definition) is 5. The van der Waals surface area contributed by atoms with Crippen LogP contribution in [0.3, 0.4) is 0 Å². The highest BCUT2D eigenvalue weighted by molar-refractivity contribution is 5.39. The average Bonchev–Trinajstić information content (AvgIpc) is 2.44. The van der Waals surface area contributed by atoms with Crippen molar-refractivity contribution in [3.8, 4) is 0 Å². The Hall–Kier alpha value is -1.36. The molecule has 0 unspecified atom stereocenters. The maximum Gasteiger partial charge on any atom is 0.224 e. The van der Waals surface area contributed by atoms with E-state index in [9.17, 15) is 0 Å². The van der Waals surface area contributed by atoms with Crippen LogP contribution in [0.15, 0.2) is 12.3 Å². The molecule has 0 aromatic carbocycles. The van der Waals surface area contributed by atoms with E-state index in [1.54, 1.807) is 6.20 Å². The first kappa shape index (κ1) is 13.1. The third-order valence-electron chi connectivity index (χ3n) is 3.10. The lowest BCUT2D eigenvalue weighted by Crippen LogP contribution is -2.23. The van der Waals surface area contributed by atoms with Crippen LogP contribution >= 0.6 is 0 Å². The predicted molar refractivity (Wildman–Crippen MR) is 72.8 cm³/mol. The zero-order valence-electron chi connectivity index (χ0n) is 11.0. The highest BCUT2D eigenvalue weighted by atomic mass is 16.5. The molecule has 0 bridgehead atoms. The fourth-order valence-electron chi connectivity index (χ4n) is 1.98. The summed E-state index contributed by atoms with van der Waals surface area (Å²) in [6.45, 7) is 5.77. The first-order chi connectivity index (χ1) is 8.88. The van der Waals surface area contributed by atoms with Crippen molar-refractivity contribution in [2.45, 2.75) is 26.2 Å². The molecule has 1 aromatic rings. The zero-order chi connectivity index (χ0) is 12.6. The van der Waals surface area contributed by atoms with E-state index in [1.165, 1.54) is 0 Å². The number of nitrogens with one attached hydrogen (secondary N) is 2. The zero-order valence-corrected chi connectivity index (χ0v) is 11.0. The fourth-order valence-corrected chi connectivity index (χ4v) is 1.98. The minimum absolute atomic E-state index is 0.695. The van der Waals surface area contributed by atoms with Crippen LogP contribution in [0, 0.1) is 5.92 Å². The molecule has 0 saturated carbocycles. The predicted octanol–water partition coefficient (Wildman–Crippen LogP) is 2.14. The van der Waals surface area contributed by atoms with E-state index < -0.39 is 0 Å². The summed E-state index contributed by atoms with van der Waals surface area (Å²) < 4.78 is 5.35. The van der Waals surface area contributed by atoms with Crippen molar-refractivity contribution in [2.24, 2.45) is 5.92 Å². The summed E-state index contributed by atoms with van der Waals surface area (Å²) in [7, 11) is 0. The molecule has 2 rings (SSSR count). The van der Waals surface area contributed by atoms with Gasteiger partial charge in [-0.05, 0) is 31.2 Å². The number of nitrogens with zero attached hydrogens (tertiary/aromatic N) is 2. The topological polar surface area (TPSA) is 59.1 Å². The van der Waals surface area contributed by atoms with Crippen molar-refractivity contribution in [1.82, 2.24) is 9.97 Å². The lowest BCUT2D eigenvalue weighted by molar-refractivity contribution is 0.0699. The molecule has 5 heteroatoms. The van der Waals surface area contributed by atoms with Crippen molar-refractivity contribution in [1.29, 1.82) is 0 Å². The SMILES string of the molecule is CCCNc1nccc(NCC2CCOCC2)n1. The molecule has 0 amide bonds. The van der Waals surface area contributed by atoms with Gasteiger partial charge >= 0.3 is 0 Å². The molecule has 1 aromatic heterocycles. The van der Waals surface area contributed by atoms with Gasteiger partial charge in [-0.15, -0.1) is 0 Å². The number of hydrogen-bond donors (Lipinski definition) is 2. The Morgan fingerprint density at radius 3 is 2.94 bits per heavy atom. The molecule has 2 N–H and O–H groups in total. The molecule has 1 aliphatic heterocycles. The molecule has 0 radical (unpaired) electrons. The Bertz CT molecular complexity index is 353. The van der Waals surface area contributed by atoms with Crippen molar-refractivity contribution in [3.05, 3.63) is 12.3 Å². The van der Waals surface area contributed by atoms with Crippen LogP contribution in [0.25, 0.3) is 0 Å². The second kappa shape index (κ2) is 7.16. The Morgan fingerprint density at radius 2 is 2.17 bits per heavy atom. The molecule has 0 spiro atoms. The minimum Gasteiger partial charge on any atom is -0.381 e. The van der Waals surface area contributed by atoms with E-state index in [1.807, 2.05) is 6.07 Å². The summed E-state index contributed by atoms with van der Waals surface area (Å²) in [4.78, 5) is 8.62. The van der Waals surface area contributed by atoms with Gasteiger partial charge in [0.25, 0.3) is 0 Å². The number of ether oxygens (including phenoxy) is 1. The summed E-state index contributed by atoms with van der Waals surface area (Å²) in [6.07, 6.45) is 5.14. The summed E-state index contributed by atoms with van der Waals surface area (Å²) in [5.74, 6) is 2.30. The van der Waals surface area contributed by atoms with Crippen LogP contribution < -0.4 is 10.6 Å². The van der Waals surface area contributed by atoms with Crippen molar-refractivity contribution in [3.63, 3.8) is 0 Å². The lowest BCUT2D eigenvalue weighted by atomic mass is 10.0. The van der Waals surface area contributed by atoms with Crippen LogP contribution in [0.4, 0.5) is 11.8 Å². The molecule has 1 saturated heterocycles. The van der Waals surface area contributed by atoms with E-state index in [-0.39, 0.29) is 0 Å². The second-order valence-corrected chi connectivity index (χ2v) is 4.63. The second-order valence-electron chi connectivity index (χ2n) is 4.63. The average molecular weight is 250 g/mol. The minimum atomic E-state index is 0.695. The van der Waals surface area contributed by atoms with Gasteiger partial charge in [0, 0.05) is 32.5 Å². The van der Waals surface area contributed by atoms with Crippen LogP contribution in [0.5, 0.6) is 0 Å². The summed E-state index contributed by atoms with van der Waals surface area (Å²) >= 11 is 0. The highest BCUT2D eigenvalue weighted by Crippen LogP contribution is 2.15. The van der Waals surface area contributed by atoms with E-state index in [0.29, 0.717) is 11.9 Å². The van der Waals surface area contributed by atoms with E-state index in [4.69, 9.17) is 4.74 Å². The van der Waals surface area contributed by atoms with Crippen LogP contribution in [0.1, 0.15) is 26.2 Å². The van der Waals surface area contributed by atoms with Gasteiger partial charge in [0.2, 0.25) is 5.95 Å². The van der Waals surface area contributed by atoms with Crippen LogP contribution in [0.2, 0.25) is 0 Å². The molecule has 1 aliphatic rings. The van der Waals surface area contributed by atoms with E-state index in [0.717, 1.165) is 51.4 Å². The molecule has 1 fully saturated rings. The Morgan fingerprint density at radius 1 is 1.33 bits per heavy atom. The van der Waals surface area contributed by atoms with Gasteiger partial charge in [-0.2, -0.15) is 4.98 Å². The van der Waals surface area contributed by atoms with Gasteiger partial charge in [-0.25, -0.2) is 4.98 Å². The molecule has 100 valence electrons. The largest absolute Gasteiger partial charge is 0.381 e. The molecular formula is C13H22N4O. The first-order valence-corrected chi connectivity index (χ1v) is 6.77. The van der Waals surface area contributed by atoms with Gasteiger partial charge < -0.3 is 15.4 Å². The summed E-state index contributed by atoms with van der Waals surface area (Å²) in [5.41, 5.74) is 0. The molecule has 0 atom stereocenters. The first-order valence-electron chi connectivity index (χ1n) is 6.77.